The molecule has 0 saturated carbocycles. The molecule has 3 rings (SSSR count). The Morgan fingerprint density at radius 3 is 2.32 bits per heavy atom. The summed E-state index contributed by atoms with van der Waals surface area (Å²) in [7, 11) is 1.90. The molecular formula is C18H19N3O. The first-order valence-corrected chi connectivity index (χ1v) is 7.33. The largest absolute Gasteiger partial charge is 0.388 e. The minimum Gasteiger partial charge on any atom is -0.388 e. The summed E-state index contributed by atoms with van der Waals surface area (Å²) in [4.78, 5) is 12.0. The number of rotatable bonds is 3. The van der Waals surface area contributed by atoms with Crippen LogP contribution in [0, 0.1) is 13.8 Å². The molecule has 2 aromatic carbocycles. The van der Waals surface area contributed by atoms with Crippen LogP contribution in [0.5, 0.6) is 0 Å². The van der Waals surface area contributed by atoms with Gasteiger partial charge in [-0.2, -0.15) is 5.10 Å². The van der Waals surface area contributed by atoms with Crippen LogP contribution in [0.25, 0.3) is 10.8 Å². The SMILES string of the molecule is CNc1ccc(Cc2n[nH]c(=O)c3cc(C)c(C)cc23)cc1. The fourth-order valence-corrected chi connectivity index (χ4v) is 2.60. The number of aryl methyl sites for hydroxylation is 2. The average molecular weight is 293 g/mol. The van der Waals surface area contributed by atoms with E-state index in [-0.39, 0.29) is 5.56 Å². The molecule has 0 aliphatic carbocycles. The zero-order chi connectivity index (χ0) is 15.7. The van der Waals surface area contributed by atoms with Crippen LogP contribution >= 0.6 is 0 Å². The number of anilines is 1. The van der Waals surface area contributed by atoms with Crippen LogP contribution in [0.4, 0.5) is 5.69 Å². The molecule has 22 heavy (non-hydrogen) atoms. The van der Waals surface area contributed by atoms with Gasteiger partial charge in [-0.05, 0) is 54.8 Å². The van der Waals surface area contributed by atoms with Gasteiger partial charge in [-0.25, -0.2) is 5.10 Å². The summed E-state index contributed by atoms with van der Waals surface area (Å²) < 4.78 is 0. The number of nitrogens with zero attached hydrogens (tertiary/aromatic N) is 1. The first-order chi connectivity index (χ1) is 10.6. The van der Waals surface area contributed by atoms with Gasteiger partial charge in [0.15, 0.2) is 0 Å². The molecule has 1 aromatic heterocycles. The summed E-state index contributed by atoms with van der Waals surface area (Å²) in [6.45, 7) is 4.08. The van der Waals surface area contributed by atoms with E-state index in [1.54, 1.807) is 0 Å². The van der Waals surface area contributed by atoms with Gasteiger partial charge in [0.05, 0.1) is 11.1 Å². The van der Waals surface area contributed by atoms with Crippen LogP contribution in [0.2, 0.25) is 0 Å². The highest BCUT2D eigenvalue weighted by molar-refractivity contribution is 5.85. The second kappa shape index (κ2) is 5.64. The number of aromatic amines is 1. The lowest BCUT2D eigenvalue weighted by Crippen LogP contribution is -2.12. The van der Waals surface area contributed by atoms with Crippen LogP contribution < -0.4 is 10.9 Å². The van der Waals surface area contributed by atoms with Crippen molar-refractivity contribution in [3.8, 4) is 0 Å². The topological polar surface area (TPSA) is 57.8 Å². The van der Waals surface area contributed by atoms with Gasteiger partial charge >= 0.3 is 0 Å². The van der Waals surface area contributed by atoms with E-state index in [1.165, 1.54) is 5.56 Å². The Labute approximate surface area is 129 Å². The Bertz CT molecular complexity index is 879. The molecule has 0 amide bonds. The van der Waals surface area contributed by atoms with Gasteiger partial charge in [0.2, 0.25) is 0 Å². The predicted molar refractivity (Wildman–Crippen MR) is 90.6 cm³/mol. The molecule has 0 unspecified atom stereocenters. The molecule has 0 radical (unpaired) electrons. The van der Waals surface area contributed by atoms with Gasteiger partial charge in [-0.15, -0.1) is 0 Å². The monoisotopic (exact) mass is 293 g/mol. The standard InChI is InChI=1S/C18H19N3O/c1-11-8-15-16(9-12(11)2)18(22)21-20-17(15)10-13-4-6-14(19-3)7-5-13/h4-9,19H,10H2,1-3H3,(H,21,22). The van der Waals surface area contributed by atoms with Crippen molar-refractivity contribution in [2.75, 3.05) is 12.4 Å². The van der Waals surface area contributed by atoms with Crippen molar-refractivity contribution >= 4 is 16.5 Å². The predicted octanol–water partition coefficient (Wildman–Crippen LogP) is 3.17. The molecule has 2 N–H and O–H groups in total. The van der Waals surface area contributed by atoms with Gasteiger partial charge in [-0.3, -0.25) is 4.79 Å². The molecule has 112 valence electrons. The zero-order valence-electron chi connectivity index (χ0n) is 13.0. The van der Waals surface area contributed by atoms with Gasteiger partial charge in [-0.1, -0.05) is 12.1 Å². The van der Waals surface area contributed by atoms with Crippen molar-refractivity contribution in [2.45, 2.75) is 20.3 Å². The normalized spacial score (nSPS) is 10.9. The van der Waals surface area contributed by atoms with Crippen LogP contribution in [0.15, 0.2) is 41.2 Å². The molecule has 4 heteroatoms. The van der Waals surface area contributed by atoms with Gasteiger partial charge in [0.1, 0.15) is 0 Å². The van der Waals surface area contributed by atoms with E-state index in [4.69, 9.17) is 0 Å². The van der Waals surface area contributed by atoms with E-state index in [1.807, 2.05) is 32.2 Å². The van der Waals surface area contributed by atoms with E-state index in [0.717, 1.165) is 27.9 Å². The molecule has 3 aromatic rings. The summed E-state index contributed by atoms with van der Waals surface area (Å²) >= 11 is 0. The Kier molecular flexibility index (Phi) is 3.67. The second-order valence-electron chi connectivity index (χ2n) is 5.61. The van der Waals surface area contributed by atoms with E-state index >= 15 is 0 Å². The third-order valence-electron chi connectivity index (χ3n) is 4.10. The fourth-order valence-electron chi connectivity index (χ4n) is 2.60. The van der Waals surface area contributed by atoms with Crippen molar-refractivity contribution in [1.29, 1.82) is 0 Å². The summed E-state index contributed by atoms with van der Waals surface area (Å²) in [6.07, 6.45) is 0.694. The van der Waals surface area contributed by atoms with Gasteiger partial charge in [0, 0.05) is 24.5 Å². The smallest absolute Gasteiger partial charge is 0.272 e. The highest BCUT2D eigenvalue weighted by Gasteiger charge is 2.09. The number of aromatic nitrogens is 2. The molecule has 4 nitrogen and oxygen atoms in total. The van der Waals surface area contributed by atoms with E-state index in [9.17, 15) is 4.79 Å². The molecule has 0 spiro atoms. The average Bonchev–Trinajstić information content (AvgIpc) is 2.53. The molecule has 1 heterocycles. The third kappa shape index (κ3) is 2.60. The van der Waals surface area contributed by atoms with Crippen molar-refractivity contribution in [1.82, 2.24) is 10.2 Å². The first kappa shape index (κ1) is 14.3. The highest BCUT2D eigenvalue weighted by atomic mass is 16.1. The molecule has 0 saturated heterocycles. The maximum atomic E-state index is 12.0. The molecule has 0 aliphatic heterocycles. The lowest BCUT2D eigenvalue weighted by atomic mass is 10.00. The minimum atomic E-state index is -0.132. The molecule has 0 bridgehead atoms. The van der Waals surface area contributed by atoms with Crippen LogP contribution in [0.3, 0.4) is 0 Å². The minimum absolute atomic E-state index is 0.132. The number of fused-ring (bicyclic) bond motifs is 1. The third-order valence-corrected chi connectivity index (χ3v) is 4.10. The summed E-state index contributed by atoms with van der Waals surface area (Å²) in [6, 6.07) is 12.2. The Morgan fingerprint density at radius 1 is 1.05 bits per heavy atom. The molecule has 0 aliphatic rings. The van der Waals surface area contributed by atoms with Crippen molar-refractivity contribution < 1.29 is 0 Å². The lowest BCUT2D eigenvalue weighted by molar-refractivity contribution is 0.933. The molecule has 0 fully saturated rings. The summed E-state index contributed by atoms with van der Waals surface area (Å²) in [5.74, 6) is 0. The lowest BCUT2D eigenvalue weighted by Gasteiger charge is -2.08. The number of hydrogen-bond acceptors (Lipinski definition) is 3. The van der Waals surface area contributed by atoms with Gasteiger partial charge < -0.3 is 5.32 Å². The molecule has 0 atom stereocenters. The quantitative estimate of drug-likeness (QED) is 0.780. The number of hydrogen-bond donors (Lipinski definition) is 2. The van der Waals surface area contributed by atoms with Gasteiger partial charge in [0.25, 0.3) is 5.56 Å². The zero-order valence-corrected chi connectivity index (χ0v) is 13.0. The van der Waals surface area contributed by atoms with Crippen molar-refractivity contribution in [3.05, 3.63) is 69.1 Å². The van der Waals surface area contributed by atoms with E-state index < -0.39 is 0 Å². The summed E-state index contributed by atoms with van der Waals surface area (Å²) in [5.41, 5.74) is 5.30. The Balaban J connectivity index is 2.08. The van der Waals surface area contributed by atoms with E-state index in [2.05, 4.69) is 40.6 Å². The van der Waals surface area contributed by atoms with Crippen LogP contribution in [0.1, 0.15) is 22.4 Å². The van der Waals surface area contributed by atoms with Crippen LogP contribution in [-0.4, -0.2) is 17.2 Å². The number of benzene rings is 2. The Hall–Kier alpha value is -2.62. The second-order valence-corrected chi connectivity index (χ2v) is 5.61. The number of nitrogens with one attached hydrogen (secondary N) is 2. The summed E-state index contributed by atoms with van der Waals surface area (Å²) in [5, 5.41) is 11.6. The van der Waals surface area contributed by atoms with E-state index in [0.29, 0.717) is 11.8 Å². The Morgan fingerprint density at radius 2 is 1.68 bits per heavy atom. The maximum absolute atomic E-state index is 12.0. The van der Waals surface area contributed by atoms with Crippen LogP contribution in [-0.2, 0) is 6.42 Å². The van der Waals surface area contributed by atoms with Crippen molar-refractivity contribution in [3.63, 3.8) is 0 Å². The highest BCUT2D eigenvalue weighted by Crippen LogP contribution is 2.21. The first-order valence-electron chi connectivity index (χ1n) is 7.33. The molecular weight excluding hydrogens is 274 g/mol. The maximum Gasteiger partial charge on any atom is 0.272 e. The van der Waals surface area contributed by atoms with Crippen molar-refractivity contribution in [2.24, 2.45) is 0 Å². The number of H-pyrrole nitrogens is 1. The fraction of sp³-hybridized carbons (Fsp3) is 0.222.